The van der Waals surface area contributed by atoms with Crippen molar-refractivity contribution in [2.24, 2.45) is 17.3 Å². The van der Waals surface area contributed by atoms with E-state index in [1.165, 1.54) is 13.8 Å². The molecule has 0 aromatic carbocycles. The van der Waals surface area contributed by atoms with Crippen LogP contribution in [-0.2, 0) is 9.53 Å². The van der Waals surface area contributed by atoms with Gasteiger partial charge in [-0.1, -0.05) is 6.92 Å². The van der Waals surface area contributed by atoms with Crippen LogP contribution < -0.4 is 0 Å². The van der Waals surface area contributed by atoms with E-state index in [9.17, 15) is 50.1 Å². The minimum Gasteiger partial charge on any atom is -0.462 e. The Kier molecular flexibility index (Phi) is 7.84. The maximum atomic E-state index is 13.3. The average molecular weight is 458 g/mol. The molecule has 0 radical (unpaired) electrons. The minimum atomic E-state index is -5.56. The number of hydrogen-bond acceptors (Lipinski definition) is 4. The first-order chi connectivity index (χ1) is 13.4. The summed E-state index contributed by atoms with van der Waals surface area (Å²) in [5.41, 5.74) is -9.21. The summed E-state index contributed by atoms with van der Waals surface area (Å²) < 4.78 is 111. The van der Waals surface area contributed by atoms with E-state index >= 15 is 0 Å². The SMILES string of the molecule is CCC(C)(C)C(=O)OC1CC(C(O)(CF)C(F)(F)F)CC(C(O)(CF)C(F)(F)F)C1. The van der Waals surface area contributed by atoms with E-state index in [1.807, 2.05) is 0 Å². The van der Waals surface area contributed by atoms with E-state index in [2.05, 4.69) is 0 Å². The third-order valence-electron chi connectivity index (χ3n) is 6.11. The highest BCUT2D eigenvalue weighted by Gasteiger charge is 2.65. The van der Waals surface area contributed by atoms with Gasteiger partial charge in [0, 0.05) is 11.8 Å². The smallest absolute Gasteiger partial charge is 0.420 e. The highest BCUT2D eigenvalue weighted by atomic mass is 19.4. The molecule has 0 spiro atoms. The molecule has 0 heterocycles. The van der Waals surface area contributed by atoms with Gasteiger partial charge in [0.1, 0.15) is 19.5 Å². The van der Waals surface area contributed by atoms with Crippen molar-refractivity contribution in [1.29, 1.82) is 0 Å². The number of esters is 1. The Balaban J connectivity index is 3.37. The van der Waals surface area contributed by atoms with Gasteiger partial charge in [-0.25, -0.2) is 8.78 Å². The fourth-order valence-electron chi connectivity index (χ4n) is 3.43. The Labute approximate surface area is 168 Å². The molecule has 4 atom stereocenters. The van der Waals surface area contributed by atoms with Crippen LogP contribution in [0.1, 0.15) is 46.5 Å². The van der Waals surface area contributed by atoms with Crippen molar-refractivity contribution in [3.05, 3.63) is 0 Å². The van der Waals surface area contributed by atoms with Crippen LogP contribution in [0.5, 0.6) is 0 Å². The zero-order valence-corrected chi connectivity index (χ0v) is 16.7. The van der Waals surface area contributed by atoms with E-state index in [4.69, 9.17) is 4.74 Å². The molecule has 0 bridgehead atoms. The molecule has 1 fully saturated rings. The second-order valence-electron chi connectivity index (χ2n) is 8.48. The Morgan fingerprint density at radius 2 is 1.23 bits per heavy atom. The summed E-state index contributed by atoms with van der Waals surface area (Å²) in [6.45, 7) is -0.252. The summed E-state index contributed by atoms with van der Waals surface area (Å²) in [4.78, 5) is 12.3. The topological polar surface area (TPSA) is 66.8 Å². The molecule has 1 aliphatic rings. The molecule has 1 saturated carbocycles. The zero-order valence-electron chi connectivity index (χ0n) is 16.7. The van der Waals surface area contributed by atoms with Crippen LogP contribution in [0.2, 0.25) is 0 Å². The fraction of sp³-hybridized carbons (Fsp3) is 0.944. The van der Waals surface area contributed by atoms with Crippen molar-refractivity contribution in [2.75, 3.05) is 13.3 Å². The molecule has 0 aromatic rings. The number of halogens is 8. The largest absolute Gasteiger partial charge is 0.462 e. The molecule has 4 nitrogen and oxygen atoms in total. The first-order valence-corrected chi connectivity index (χ1v) is 9.30. The highest BCUT2D eigenvalue weighted by Crippen LogP contribution is 2.50. The number of alkyl halides is 8. The summed E-state index contributed by atoms with van der Waals surface area (Å²) >= 11 is 0. The number of rotatable bonds is 7. The van der Waals surface area contributed by atoms with Gasteiger partial charge in [-0.3, -0.25) is 4.79 Å². The quantitative estimate of drug-likeness (QED) is 0.442. The Morgan fingerprint density at radius 1 is 0.867 bits per heavy atom. The maximum absolute atomic E-state index is 13.3. The molecule has 178 valence electrons. The third kappa shape index (κ3) is 5.00. The molecule has 1 aliphatic carbocycles. The summed E-state index contributed by atoms with van der Waals surface area (Å²) in [5.74, 6) is -5.34. The average Bonchev–Trinajstić information content (AvgIpc) is 2.64. The van der Waals surface area contributed by atoms with Gasteiger partial charge in [0.25, 0.3) is 0 Å². The molecule has 30 heavy (non-hydrogen) atoms. The van der Waals surface area contributed by atoms with E-state index in [0.717, 1.165) is 0 Å². The van der Waals surface area contributed by atoms with Crippen molar-refractivity contribution in [3.8, 4) is 0 Å². The second kappa shape index (κ2) is 8.76. The van der Waals surface area contributed by atoms with E-state index in [-0.39, 0.29) is 6.42 Å². The van der Waals surface area contributed by atoms with Gasteiger partial charge in [-0.15, -0.1) is 0 Å². The van der Waals surface area contributed by atoms with E-state index in [1.54, 1.807) is 6.92 Å². The fourth-order valence-corrected chi connectivity index (χ4v) is 3.43. The van der Waals surface area contributed by atoms with Crippen LogP contribution in [0.15, 0.2) is 0 Å². The lowest BCUT2D eigenvalue weighted by Crippen LogP contribution is -2.61. The molecule has 0 amide bonds. The number of hydrogen-bond donors (Lipinski definition) is 2. The Morgan fingerprint density at radius 3 is 1.50 bits per heavy atom. The summed E-state index contributed by atoms with van der Waals surface area (Å²) in [7, 11) is 0. The number of ether oxygens (including phenoxy) is 1. The van der Waals surface area contributed by atoms with Gasteiger partial charge in [0.15, 0.2) is 11.2 Å². The number of aliphatic hydroxyl groups is 2. The lowest BCUT2D eigenvalue weighted by molar-refractivity contribution is -0.311. The van der Waals surface area contributed by atoms with Gasteiger partial charge in [-0.05, 0) is 39.5 Å². The van der Waals surface area contributed by atoms with Gasteiger partial charge in [0.05, 0.1) is 5.41 Å². The molecule has 1 rings (SSSR count). The van der Waals surface area contributed by atoms with Gasteiger partial charge in [0.2, 0.25) is 0 Å². The lowest BCUT2D eigenvalue weighted by Gasteiger charge is -2.47. The van der Waals surface area contributed by atoms with Crippen molar-refractivity contribution >= 4 is 5.97 Å². The van der Waals surface area contributed by atoms with E-state index < -0.39 is 85.5 Å². The molecule has 12 heteroatoms. The summed E-state index contributed by atoms with van der Waals surface area (Å²) in [6, 6.07) is 0. The number of carbonyl (C=O) groups is 1. The predicted octanol–water partition coefficient (Wildman–Crippen LogP) is 4.28. The normalized spacial score (nSPS) is 27.8. The van der Waals surface area contributed by atoms with Crippen molar-refractivity contribution in [1.82, 2.24) is 0 Å². The monoisotopic (exact) mass is 458 g/mol. The molecular formula is C18H26F8O4. The van der Waals surface area contributed by atoms with Crippen LogP contribution in [0, 0.1) is 17.3 Å². The number of carbonyl (C=O) groups excluding carboxylic acids is 1. The van der Waals surface area contributed by atoms with Crippen molar-refractivity contribution in [2.45, 2.75) is 76.1 Å². The van der Waals surface area contributed by atoms with Gasteiger partial charge < -0.3 is 14.9 Å². The lowest BCUT2D eigenvalue weighted by atomic mass is 9.66. The van der Waals surface area contributed by atoms with Crippen molar-refractivity contribution in [3.63, 3.8) is 0 Å². The molecule has 0 saturated heterocycles. The first-order valence-electron chi connectivity index (χ1n) is 9.30. The van der Waals surface area contributed by atoms with E-state index in [0.29, 0.717) is 0 Å². The standard InChI is InChI=1S/C18H26F8O4/c1-4-14(2,3)13(27)30-12-6-10(15(28,8-19)17(21,22)23)5-11(7-12)16(29,9-20)18(24,25)26/h10-12,28-29H,4-9H2,1-3H3. The van der Waals surface area contributed by atoms with Crippen LogP contribution in [-0.4, -0.2) is 59.2 Å². The van der Waals surface area contributed by atoms with Crippen molar-refractivity contribution < 1.29 is 54.9 Å². The summed E-state index contributed by atoms with van der Waals surface area (Å²) in [6.07, 6.45) is -15.3. The third-order valence-corrected chi connectivity index (χ3v) is 6.11. The Bertz CT molecular complexity index is 570. The minimum absolute atomic E-state index is 0.235. The zero-order chi connectivity index (χ0) is 23.8. The van der Waals surface area contributed by atoms with Crippen LogP contribution in [0.25, 0.3) is 0 Å². The Hall–Kier alpha value is -1.17. The predicted molar refractivity (Wildman–Crippen MR) is 88.7 cm³/mol. The molecule has 0 aliphatic heterocycles. The van der Waals surface area contributed by atoms with Crippen LogP contribution in [0.4, 0.5) is 35.1 Å². The second-order valence-corrected chi connectivity index (χ2v) is 8.48. The maximum Gasteiger partial charge on any atom is 0.420 e. The van der Waals surface area contributed by atoms with Crippen LogP contribution in [0.3, 0.4) is 0 Å². The van der Waals surface area contributed by atoms with Gasteiger partial charge in [-0.2, -0.15) is 26.3 Å². The van der Waals surface area contributed by atoms with Crippen LogP contribution >= 0.6 is 0 Å². The summed E-state index contributed by atoms with van der Waals surface area (Å²) in [5, 5.41) is 19.8. The van der Waals surface area contributed by atoms with Gasteiger partial charge >= 0.3 is 18.3 Å². The molecule has 0 aromatic heterocycles. The molecule has 2 N–H and O–H groups in total. The first kappa shape index (κ1) is 26.9. The molecular weight excluding hydrogens is 432 g/mol. The highest BCUT2D eigenvalue weighted by molar-refractivity contribution is 5.76. The molecule has 4 unspecified atom stereocenters.